The van der Waals surface area contributed by atoms with Crippen LogP contribution in [0, 0.1) is 0 Å². The molecule has 30 heavy (non-hydrogen) atoms. The molecule has 1 atom stereocenters. The third-order valence-corrected chi connectivity index (χ3v) is 6.61. The zero-order valence-corrected chi connectivity index (χ0v) is 19.2. The van der Waals surface area contributed by atoms with Crippen LogP contribution in [0.2, 0.25) is 5.02 Å². The van der Waals surface area contributed by atoms with Gasteiger partial charge >= 0.3 is 0 Å². The van der Waals surface area contributed by atoms with E-state index in [0.717, 1.165) is 37.4 Å². The molecule has 0 bridgehead atoms. The van der Waals surface area contributed by atoms with E-state index in [2.05, 4.69) is 15.5 Å². The molecule has 0 radical (unpaired) electrons. The SMILES string of the molecule is COc1cc(C(C)Nc2cc(N3CCNCC3)ccc2S(C)(=O)=O)cc(Cl)c1OC. The van der Waals surface area contributed by atoms with Crippen LogP contribution in [0.4, 0.5) is 11.4 Å². The van der Waals surface area contributed by atoms with Crippen molar-refractivity contribution in [2.45, 2.75) is 17.9 Å². The molecular weight excluding hydrogens is 426 g/mol. The number of halogens is 1. The molecule has 0 spiro atoms. The highest BCUT2D eigenvalue weighted by atomic mass is 35.5. The van der Waals surface area contributed by atoms with Gasteiger partial charge in [0.15, 0.2) is 21.3 Å². The first-order chi connectivity index (χ1) is 14.2. The summed E-state index contributed by atoms with van der Waals surface area (Å²) < 4.78 is 35.4. The second-order valence-corrected chi connectivity index (χ2v) is 9.69. The van der Waals surface area contributed by atoms with Crippen molar-refractivity contribution in [2.24, 2.45) is 0 Å². The summed E-state index contributed by atoms with van der Waals surface area (Å²) in [7, 11) is -0.321. The van der Waals surface area contributed by atoms with Gasteiger partial charge in [0.25, 0.3) is 0 Å². The molecule has 3 rings (SSSR count). The van der Waals surface area contributed by atoms with E-state index < -0.39 is 9.84 Å². The number of anilines is 2. The number of hydrogen-bond donors (Lipinski definition) is 2. The van der Waals surface area contributed by atoms with Crippen molar-refractivity contribution in [3.8, 4) is 11.5 Å². The first-order valence-corrected chi connectivity index (χ1v) is 12.0. The number of ether oxygens (including phenoxy) is 2. The van der Waals surface area contributed by atoms with Gasteiger partial charge < -0.3 is 25.0 Å². The van der Waals surface area contributed by atoms with Crippen molar-refractivity contribution in [3.05, 3.63) is 40.9 Å². The molecule has 7 nitrogen and oxygen atoms in total. The fourth-order valence-corrected chi connectivity index (χ4v) is 4.71. The number of nitrogens with zero attached hydrogens (tertiary/aromatic N) is 1. The van der Waals surface area contributed by atoms with Crippen LogP contribution in [0.25, 0.3) is 0 Å². The first kappa shape index (κ1) is 22.5. The predicted molar refractivity (Wildman–Crippen MR) is 121 cm³/mol. The highest BCUT2D eigenvalue weighted by molar-refractivity contribution is 7.90. The van der Waals surface area contributed by atoms with Crippen LogP contribution in [0.5, 0.6) is 11.5 Å². The van der Waals surface area contributed by atoms with Gasteiger partial charge in [0.05, 0.1) is 29.8 Å². The molecule has 2 aromatic rings. The van der Waals surface area contributed by atoms with Crippen LogP contribution in [0.3, 0.4) is 0 Å². The zero-order valence-electron chi connectivity index (χ0n) is 17.7. The molecular formula is C21H28ClN3O4S. The Balaban J connectivity index is 1.96. The van der Waals surface area contributed by atoms with E-state index in [1.165, 1.54) is 13.4 Å². The van der Waals surface area contributed by atoms with E-state index in [4.69, 9.17) is 21.1 Å². The fourth-order valence-electron chi connectivity index (χ4n) is 3.58. The van der Waals surface area contributed by atoms with Crippen LogP contribution in [-0.2, 0) is 9.84 Å². The summed E-state index contributed by atoms with van der Waals surface area (Å²) in [5.74, 6) is 0.985. The molecule has 9 heteroatoms. The topological polar surface area (TPSA) is 79.9 Å². The Hall–Kier alpha value is -2.16. The monoisotopic (exact) mass is 453 g/mol. The van der Waals surface area contributed by atoms with Crippen molar-refractivity contribution in [1.82, 2.24) is 5.32 Å². The summed E-state index contributed by atoms with van der Waals surface area (Å²) in [5, 5.41) is 7.11. The summed E-state index contributed by atoms with van der Waals surface area (Å²) in [6.45, 7) is 5.49. The molecule has 1 fully saturated rings. The number of sulfone groups is 1. The number of methoxy groups -OCH3 is 2. The molecule has 1 saturated heterocycles. The van der Waals surface area contributed by atoms with Crippen molar-refractivity contribution in [3.63, 3.8) is 0 Å². The predicted octanol–water partition coefficient (Wildman–Crippen LogP) is 3.34. The Labute approximate surface area is 183 Å². The van der Waals surface area contributed by atoms with Gasteiger partial charge in [-0.05, 0) is 42.8 Å². The van der Waals surface area contributed by atoms with E-state index in [-0.39, 0.29) is 10.9 Å². The van der Waals surface area contributed by atoms with Gasteiger partial charge in [0.2, 0.25) is 0 Å². The van der Waals surface area contributed by atoms with E-state index in [9.17, 15) is 8.42 Å². The van der Waals surface area contributed by atoms with E-state index in [0.29, 0.717) is 22.2 Å². The van der Waals surface area contributed by atoms with Crippen LogP contribution < -0.4 is 25.0 Å². The highest BCUT2D eigenvalue weighted by Gasteiger charge is 2.20. The fraction of sp³-hybridized carbons (Fsp3) is 0.429. The Kier molecular flexibility index (Phi) is 7.00. The van der Waals surface area contributed by atoms with Crippen molar-refractivity contribution in [2.75, 3.05) is 56.9 Å². The maximum Gasteiger partial charge on any atom is 0.179 e. The molecule has 1 heterocycles. The van der Waals surface area contributed by atoms with E-state index in [1.54, 1.807) is 19.2 Å². The summed E-state index contributed by atoms with van der Waals surface area (Å²) in [4.78, 5) is 2.51. The summed E-state index contributed by atoms with van der Waals surface area (Å²) in [5.41, 5.74) is 2.40. The third-order valence-electron chi connectivity index (χ3n) is 5.17. The van der Waals surface area contributed by atoms with Crippen LogP contribution in [0.15, 0.2) is 35.2 Å². The highest BCUT2D eigenvalue weighted by Crippen LogP contribution is 2.39. The lowest BCUT2D eigenvalue weighted by atomic mass is 10.1. The molecule has 0 aliphatic carbocycles. The zero-order chi connectivity index (χ0) is 21.9. The third kappa shape index (κ3) is 4.94. The molecule has 1 unspecified atom stereocenters. The quantitative estimate of drug-likeness (QED) is 0.665. The molecule has 164 valence electrons. The van der Waals surface area contributed by atoms with Crippen molar-refractivity contribution in [1.29, 1.82) is 0 Å². The standard InChI is InChI=1S/C21H28ClN3O4S/c1-14(15-11-17(22)21(29-3)19(12-15)28-2)24-18-13-16(25-9-7-23-8-10-25)5-6-20(18)30(4,26)27/h5-6,11-14,23-24H,7-10H2,1-4H3. The van der Waals surface area contributed by atoms with Gasteiger partial charge in [0.1, 0.15) is 0 Å². The number of nitrogens with one attached hydrogen (secondary N) is 2. The summed E-state index contributed by atoms with van der Waals surface area (Å²) in [6.07, 6.45) is 1.22. The largest absolute Gasteiger partial charge is 0.493 e. The first-order valence-electron chi connectivity index (χ1n) is 9.72. The average molecular weight is 454 g/mol. The molecule has 2 aromatic carbocycles. The molecule has 2 N–H and O–H groups in total. The van der Waals surface area contributed by atoms with Crippen LogP contribution in [-0.4, -0.2) is 55.1 Å². The lowest BCUT2D eigenvalue weighted by Crippen LogP contribution is -2.43. The molecule has 0 aromatic heterocycles. The van der Waals surface area contributed by atoms with Crippen LogP contribution >= 0.6 is 11.6 Å². The Morgan fingerprint density at radius 2 is 1.83 bits per heavy atom. The second-order valence-electron chi connectivity index (χ2n) is 7.29. The number of rotatable bonds is 7. The van der Waals surface area contributed by atoms with Gasteiger partial charge in [-0.25, -0.2) is 8.42 Å². The Morgan fingerprint density at radius 1 is 1.13 bits per heavy atom. The minimum Gasteiger partial charge on any atom is -0.493 e. The van der Waals surface area contributed by atoms with Gasteiger partial charge in [-0.15, -0.1) is 0 Å². The van der Waals surface area contributed by atoms with E-state index in [1.807, 2.05) is 25.1 Å². The summed E-state index contributed by atoms with van der Waals surface area (Å²) >= 11 is 6.35. The molecule has 1 aliphatic heterocycles. The Bertz CT molecular complexity index is 1010. The minimum atomic E-state index is -3.40. The normalized spacial score (nSPS) is 15.6. The molecule has 1 aliphatic rings. The van der Waals surface area contributed by atoms with Gasteiger partial charge in [-0.2, -0.15) is 0 Å². The summed E-state index contributed by atoms with van der Waals surface area (Å²) in [6, 6.07) is 8.85. The average Bonchev–Trinajstić information content (AvgIpc) is 2.72. The van der Waals surface area contributed by atoms with Crippen molar-refractivity contribution >= 4 is 32.8 Å². The Morgan fingerprint density at radius 3 is 2.43 bits per heavy atom. The number of hydrogen-bond acceptors (Lipinski definition) is 7. The molecule has 0 amide bonds. The van der Waals surface area contributed by atoms with Gasteiger partial charge in [0, 0.05) is 44.2 Å². The smallest absolute Gasteiger partial charge is 0.179 e. The maximum absolute atomic E-state index is 12.4. The lowest BCUT2D eigenvalue weighted by molar-refractivity contribution is 0.354. The minimum absolute atomic E-state index is 0.221. The van der Waals surface area contributed by atoms with E-state index >= 15 is 0 Å². The second kappa shape index (κ2) is 9.32. The lowest BCUT2D eigenvalue weighted by Gasteiger charge is -2.30. The number of piperazine rings is 1. The van der Waals surface area contributed by atoms with Gasteiger partial charge in [-0.1, -0.05) is 11.6 Å². The number of benzene rings is 2. The molecule has 0 saturated carbocycles. The maximum atomic E-state index is 12.4. The van der Waals surface area contributed by atoms with Crippen molar-refractivity contribution < 1.29 is 17.9 Å². The van der Waals surface area contributed by atoms with Gasteiger partial charge in [-0.3, -0.25) is 0 Å². The van der Waals surface area contributed by atoms with Crippen LogP contribution in [0.1, 0.15) is 18.5 Å².